The van der Waals surface area contributed by atoms with Gasteiger partial charge in [-0.2, -0.15) is 0 Å². The molecule has 1 amide bonds. The quantitative estimate of drug-likeness (QED) is 0.856. The van der Waals surface area contributed by atoms with Crippen LogP contribution in [0.2, 0.25) is 0 Å². The Labute approximate surface area is 140 Å². The Bertz CT molecular complexity index is 730. The van der Waals surface area contributed by atoms with Crippen molar-refractivity contribution >= 4 is 5.91 Å². The van der Waals surface area contributed by atoms with Crippen LogP contribution in [0.15, 0.2) is 42.5 Å². The van der Waals surface area contributed by atoms with Crippen LogP contribution in [0.25, 0.3) is 0 Å². The molecule has 1 aliphatic heterocycles. The Morgan fingerprint density at radius 1 is 1.08 bits per heavy atom. The van der Waals surface area contributed by atoms with Gasteiger partial charge in [0.25, 0.3) is 5.91 Å². The molecule has 1 fully saturated rings. The highest BCUT2D eigenvalue weighted by atomic mass is 19.1. The Balaban J connectivity index is 1.87. The summed E-state index contributed by atoms with van der Waals surface area (Å²) in [6, 6.07) is 11.5. The zero-order valence-electron chi connectivity index (χ0n) is 13.8. The summed E-state index contributed by atoms with van der Waals surface area (Å²) in [7, 11) is 3.10. The van der Waals surface area contributed by atoms with E-state index in [-0.39, 0.29) is 17.8 Å². The molecule has 0 aliphatic carbocycles. The van der Waals surface area contributed by atoms with Crippen molar-refractivity contribution in [2.45, 2.75) is 18.9 Å². The summed E-state index contributed by atoms with van der Waals surface area (Å²) in [5, 5.41) is 0. The Hall–Kier alpha value is -2.56. The highest BCUT2D eigenvalue weighted by Crippen LogP contribution is 2.34. The van der Waals surface area contributed by atoms with Crippen LogP contribution in [0, 0.1) is 5.82 Å². The molecule has 1 heterocycles. The average molecular weight is 329 g/mol. The summed E-state index contributed by atoms with van der Waals surface area (Å²) < 4.78 is 23.6. The molecule has 1 unspecified atom stereocenters. The lowest BCUT2D eigenvalue weighted by Crippen LogP contribution is -2.30. The minimum atomic E-state index is -0.269. The van der Waals surface area contributed by atoms with E-state index in [2.05, 4.69) is 0 Å². The molecule has 0 aromatic heterocycles. The maximum Gasteiger partial charge on any atom is 0.254 e. The van der Waals surface area contributed by atoms with Gasteiger partial charge in [0.15, 0.2) is 11.5 Å². The molecule has 1 atom stereocenters. The van der Waals surface area contributed by atoms with Gasteiger partial charge in [0.05, 0.1) is 20.3 Å². The third-order valence-electron chi connectivity index (χ3n) is 4.40. The highest BCUT2D eigenvalue weighted by molar-refractivity contribution is 5.95. The Kier molecular flexibility index (Phi) is 4.69. The first kappa shape index (κ1) is 16.3. The van der Waals surface area contributed by atoms with Crippen LogP contribution in [-0.4, -0.2) is 31.6 Å². The average Bonchev–Trinajstić information content (AvgIpc) is 3.10. The van der Waals surface area contributed by atoms with Crippen LogP contribution in [0.3, 0.4) is 0 Å². The monoisotopic (exact) mass is 329 g/mol. The molecule has 4 nitrogen and oxygen atoms in total. The van der Waals surface area contributed by atoms with E-state index >= 15 is 0 Å². The number of halogens is 1. The first-order valence-corrected chi connectivity index (χ1v) is 7.92. The van der Waals surface area contributed by atoms with Gasteiger partial charge >= 0.3 is 0 Å². The van der Waals surface area contributed by atoms with Crippen molar-refractivity contribution in [3.63, 3.8) is 0 Å². The lowest BCUT2D eigenvalue weighted by Gasteiger charge is -2.25. The van der Waals surface area contributed by atoms with Gasteiger partial charge in [-0.05, 0) is 48.7 Å². The molecule has 0 bridgehead atoms. The van der Waals surface area contributed by atoms with Crippen molar-refractivity contribution in [3.05, 3.63) is 59.4 Å². The molecule has 1 saturated heterocycles. The first-order chi connectivity index (χ1) is 11.6. The number of carbonyl (C=O) groups is 1. The molecule has 3 rings (SSSR count). The smallest absolute Gasteiger partial charge is 0.254 e. The molecular formula is C19H20FNO3. The number of ether oxygens (including phenoxy) is 2. The summed E-state index contributed by atoms with van der Waals surface area (Å²) in [4.78, 5) is 14.8. The largest absolute Gasteiger partial charge is 0.493 e. The summed E-state index contributed by atoms with van der Waals surface area (Å²) in [6.45, 7) is 0.690. The molecule has 126 valence electrons. The van der Waals surface area contributed by atoms with Crippen molar-refractivity contribution in [3.8, 4) is 11.5 Å². The van der Waals surface area contributed by atoms with Gasteiger partial charge in [0.1, 0.15) is 5.82 Å². The van der Waals surface area contributed by atoms with Crippen molar-refractivity contribution in [2.24, 2.45) is 0 Å². The summed E-state index contributed by atoms with van der Waals surface area (Å²) in [6.07, 6.45) is 1.81. The van der Waals surface area contributed by atoms with Crippen molar-refractivity contribution in [1.82, 2.24) is 4.90 Å². The first-order valence-electron chi connectivity index (χ1n) is 7.92. The lowest BCUT2D eigenvalue weighted by molar-refractivity contribution is 0.0735. The van der Waals surface area contributed by atoms with E-state index in [9.17, 15) is 9.18 Å². The van der Waals surface area contributed by atoms with Crippen molar-refractivity contribution in [2.75, 3.05) is 20.8 Å². The molecule has 2 aromatic carbocycles. The number of carbonyl (C=O) groups excluding carboxylic acids is 1. The van der Waals surface area contributed by atoms with Crippen LogP contribution in [-0.2, 0) is 0 Å². The van der Waals surface area contributed by atoms with Crippen molar-refractivity contribution in [1.29, 1.82) is 0 Å². The maximum atomic E-state index is 13.1. The van der Waals surface area contributed by atoms with Gasteiger partial charge in [-0.15, -0.1) is 0 Å². The van der Waals surface area contributed by atoms with Crippen LogP contribution < -0.4 is 9.47 Å². The Morgan fingerprint density at radius 2 is 1.79 bits per heavy atom. The molecule has 0 radical (unpaired) electrons. The fourth-order valence-electron chi connectivity index (χ4n) is 3.18. The molecule has 0 saturated carbocycles. The fraction of sp³-hybridized carbons (Fsp3) is 0.316. The number of benzene rings is 2. The maximum absolute atomic E-state index is 13.1. The van der Waals surface area contributed by atoms with E-state index in [4.69, 9.17) is 9.47 Å². The van der Waals surface area contributed by atoms with Crippen LogP contribution in [0.1, 0.15) is 34.8 Å². The third kappa shape index (κ3) is 3.07. The van der Waals surface area contributed by atoms with Crippen molar-refractivity contribution < 1.29 is 18.7 Å². The molecular weight excluding hydrogens is 309 g/mol. The van der Waals surface area contributed by atoms with Crippen LogP contribution in [0.5, 0.6) is 11.5 Å². The number of methoxy groups -OCH3 is 2. The van der Waals surface area contributed by atoms with Gasteiger partial charge in [-0.1, -0.05) is 12.1 Å². The summed E-state index contributed by atoms with van der Waals surface area (Å²) >= 11 is 0. The predicted octanol–water partition coefficient (Wildman–Crippen LogP) is 3.82. The molecule has 0 N–H and O–H groups in total. The number of hydrogen-bond acceptors (Lipinski definition) is 3. The van der Waals surface area contributed by atoms with Gasteiger partial charge in [0, 0.05) is 12.1 Å². The zero-order chi connectivity index (χ0) is 17.1. The van der Waals surface area contributed by atoms with Gasteiger partial charge in [-0.25, -0.2) is 4.39 Å². The topological polar surface area (TPSA) is 38.8 Å². The van der Waals surface area contributed by atoms with E-state index < -0.39 is 0 Å². The van der Waals surface area contributed by atoms with Crippen LogP contribution in [0.4, 0.5) is 4.39 Å². The number of rotatable bonds is 4. The fourth-order valence-corrected chi connectivity index (χ4v) is 3.18. The second-order valence-electron chi connectivity index (χ2n) is 5.78. The summed E-state index contributed by atoms with van der Waals surface area (Å²) in [5.41, 5.74) is 1.52. The highest BCUT2D eigenvalue weighted by Gasteiger charge is 2.31. The molecule has 5 heteroatoms. The minimum Gasteiger partial charge on any atom is -0.493 e. The molecule has 1 aliphatic rings. The van der Waals surface area contributed by atoms with E-state index in [0.717, 1.165) is 18.4 Å². The number of hydrogen-bond donors (Lipinski definition) is 0. The third-order valence-corrected chi connectivity index (χ3v) is 4.40. The zero-order valence-corrected chi connectivity index (χ0v) is 13.8. The number of amides is 1. The van der Waals surface area contributed by atoms with E-state index in [1.54, 1.807) is 44.6 Å². The van der Waals surface area contributed by atoms with E-state index in [1.807, 2.05) is 4.90 Å². The lowest BCUT2D eigenvalue weighted by atomic mass is 10.0. The van der Waals surface area contributed by atoms with Gasteiger partial charge < -0.3 is 14.4 Å². The SMILES string of the molecule is COc1ccc(C(=O)N2CCCC2c2ccc(F)cc2)cc1OC. The standard InChI is InChI=1S/C19H20FNO3/c1-23-17-10-7-14(12-18(17)24-2)19(22)21-11-3-4-16(21)13-5-8-15(20)9-6-13/h5-10,12,16H,3-4,11H2,1-2H3. The van der Waals surface area contributed by atoms with E-state index in [0.29, 0.717) is 23.6 Å². The molecule has 2 aromatic rings. The normalized spacial score (nSPS) is 17.0. The second kappa shape index (κ2) is 6.91. The number of likely N-dealkylation sites (tertiary alicyclic amines) is 1. The molecule has 0 spiro atoms. The van der Waals surface area contributed by atoms with Crippen LogP contribution >= 0.6 is 0 Å². The summed E-state index contributed by atoms with van der Waals surface area (Å²) in [5.74, 6) is 0.795. The van der Waals surface area contributed by atoms with E-state index in [1.165, 1.54) is 12.1 Å². The second-order valence-corrected chi connectivity index (χ2v) is 5.78. The number of nitrogens with zero attached hydrogens (tertiary/aromatic N) is 1. The minimum absolute atomic E-state index is 0.0220. The predicted molar refractivity (Wildman–Crippen MR) is 89.0 cm³/mol. The van der Waals surface area contributed by atoms with Gasteiger partial charge in [-0.3, -0.25) is 4.79 Å². The van der Waals surface area contributed by atoms with Gasteiger partial charge in [0.2, 0.25) is 0 Å². The Morgan fingerprint density at radius 3 is 2.46 bits per heavy atom. The molecule has 24 heavy (non-hydrogen) atoms.